The largest absolute Gasteiger partial charge is 0.494 e. The highest BCUT2D eigenvalue weighted by Crippen LogP contribution is 2.20. The minimum absolute atomic E-state index is 0.145. The summed E-state index contributed by atoms with van der Waals surface area (Å²) in [5.74, 6) is 0.104. The summed E-state index contributed by atoms with van der Waals surface area (Å²) < 4.78 is 23.9. The molecule has 2 aromatic rings. The number of hydrogen-bond acceptors (Lipinski definition) is 4. The van der Waals surface area contributed by atoms with Crippen LogP contribution in [0.2, 0.25) is 0 Å². The van der Waals surface area contributed by atoms with E-state index in [2.05, 4.69) is 4.98 Å². The lowest BCUT2D eigenvalue weighted by Gasteiger charge is -2.09. The minimum atomic E-state index is -0.453. The third kappa shape index (κ3) is 3.12. The molecule has 0 atom stereocenters. The summed E-state index contributed by atoms with van der Waals surface area (Å²) in [5, 5.41) is 0. The number of benzene rings is 1. The first-order valence-electron chi connectivity index (χ1n) is 6.02. The summed E-state index contributed by atoms with van der Waals surface area (Å²) in [6, 6.07) is 7.98. The molecule has 4 nitrogen and oxygen atoms in total. The van der Waals surface area contributed by atoms with Crippen molar-refractivity contribution >= 4 is 6.29 Å². The van der Waals surface area contributed by atoms with Crippen molar-refractivity contribution < 1.29 is 18.7 Å². The third-order valence-electron chi connectivity index (χ3n) is 2.75. The van der Waals surface area contributed by atoms with Crippen LogP contribution in [0.3, 0.4) is 0 Å². The Morgan fingerprint density at radius 3 is 2.65 bits per heavy atom. The Hall–Kier alpha value is -2.43. The lowest BCUT2D eigenvalue weighted by atomic mass is 10.2. The summed E-state index contributed by atoms with van der Waals surface area (Å²) in [4.78, 5) is 15.0. The van der Waals surface area contributed by atoms with Gasteiger partial charge in [0.05, 0.1) is 7.11 Å². The van der Waals surface area contributed by atoms with Gasteiger partial charge >= 0.3 is 0 Å². The first kappa shape index (κ1) is 14.0. The van der Waals surface area contributed by atoms with Crippen molar-refractivity contribution in [1.82, 2.24) is 4.98 Å². The second-order valence-corrected chi connectivity index (χ2v) is 4.21. The summed E-state index contributed by atoms with van der Waals surface area (Å²) in [6.07, 6.45) is 0.636. The topological polar surface area (TPSA) is 48.4 Å². The van der Waals surface area contributed by atoms with Crippen molar-refractivity contribution in [1.29, 1.82) is 0 Å². The normalized spacial score (nSPS) is 10.2. The van der Waals surface area contributed by atoms with Gasteiger partial charge in [-0.3, -0.25) is 4.79 Å². The quantitative estimate of drug-likeness (QED) is 0.787. The molecule has 0 amide bonds. The Morgan fingerprint density at radius 1 is 1.25 bits per heavy atom. The number of pyridine rings is 1. The van der Waals surface area contributed by atoms with Gasteiger partial charge in [0.25, 0.3) is 0 Å². The van der Waals surface area contributed by atoms with E-state index < -0.39 is 5.82 Å². The van der Waals surface area contributed by atoms with Crippen molar-refractivity contribution in [2.24, 2.45) is 0 Å². The van der Waals surface area contributed by atoms with E-state index in [4.69, 9.17) is 9.47 Å². The van der Waals surface area contributed by atoms with Crippen LogP contribution in [0.15, 0.2) is 30.3 Å². The van der Waals surface area contributed by atoms with Crippen LogP contribution in [-0.2, 0) is 6.61 Å². The van der Waals surface area contributed by atoms with E-state index in [1.165, 1.54) is 19.2 Å². The Kier molecular flexibility index (Phi) is 4.30. The Balaban J connectivity index is 2.12. The molecule has 1 aromatic heterocycles. The van der Waals surface area contributed by atoms with Crippen LogP contribution >= 0.6 is 0 Å². The second kappa shape index (κ2) is 6.14. The molecule has 0 radical (unpaired) electrons. The van der Waals surface area contributed by atoms with Gasteiger partial charge < -0.3 is 9.47 Å². The number of halogens is 1. The number of ether oxygens (including phenoxy) is 2. The van der Waals surface area contributed by atoms with Gasteiger partial charge in [-0.2, -0.15) is 0 Å². The molecule has 0 spiro atoms. The molecule has 0 fully saturated rings. The predicted molar refractivity (Wildman–Crippen MR) is 71.6 cm³/mol. The van der Waals surface area contributed by atoms with Gasteiger partial charge in [-0.1, -0.05) is 6.07 Å². The number of carbonyl (C=O) groups excluding carboxylic acids is 1. The number of carbonyl (C=O) groups is 1. The number of aromatic nitrogens is 1. The standard InChI is InChI=1S/C15H14FNO3/c1-10-3-5-15(13(8-18)17-10)20-9-11-4-6-14(19-2)12(16)7-11/h3-8H,9H2,1-2H3. The first-order valence-corrected chi connectivity index (χ1v) is 6.02. The summed E-state index contributed by atoms with van der Waals surface area (Å²) in [6.45, 7) is 1.93. The molecule has 104 valence electrons. The molecule has 0 saturated carbocycles. The number of rotatable bonds is 5. The highest BCUT2D eigenvalue weighted by Gasteiger charge is 2.07. The van der Waals surface area contributed by atoms with Crippen LogP contribution in [0, 0.1) is 12.7 Å². The molecule has 0 N–H and O–H groups in total. The second-order valence-electron chi connectivity index (χ2n) is 4.21. The molecule has 0 unspecified atom stereocenters. The van der Waals surface area contributed by atoms with Crippen molar-refractivity contribution in [2.75, 3.05) is 7.11 Å². The number of methoxy groups -OCH3 is 1. The third-order valence-corrected chi connectivity index (χ3v) is 2.75. The maximum atomic E-state index is 13.5. The monoisotopic (exact) mass is 275 g/mol. The van der Waals surface area contributed by atoms with Gasteiger partial charge in [0, 0.05) is 5.69 Å². The van der Waals surface area contributed by atoms with Gasteiger partial charge in [-0.15, -0.1) is 0 Å². The minimum Gasteiger partial charge on any atom is -0.494 e. The highest BCUT2D eigenvalue weighted by atomic mass is 19.1. The van der Waals surface area contributed by atoms with Gasteiger partial charge in [-0.25, -0.2) is 9.37 Å². The maximum Gasteiger partial charge on any atom is 0.172 e. The average molecular weight is 275 g/mol. The molecule has 2 rings (SSSR count). The first-order chi connectivity index (χ1) is 9.63. The average Bonchev–Trinajstić information content (AvgIpc) is 2.46. The number of nitrogens with zero attached hydrogens (tertiary/aromatic N) is 1. The van der Waals surface area contributed by atoms with Crippen LogP contribution in [0.5, 0.6) is 11.5 Å². The van der Waals surface area contributed by atoms with Crippen LogP contribution in [0.1, 0.15) is 21.7 Å². The fraction of sp³-hybridized carbons (Fsp3) is 0.200. The number of hydrogen-bond donors (Lipinski definition) is 0. The molecule has 5 heteroatoms. The Bertz CT molecular complexity index is 629. The molecular formula is C15H14FNO3. The van der Waals surface area contributed by atoms with Gasteiger partial charge in [0.2, 0.25) is 0 Å². The molecule has 1 heterocycles. The molecule has 0 aliphatic carbocycles. The van der Waals surface area contributed by atoms with Gasteiger partial charge in [0.1, 0.15) is 18.1 Å². The van der Waals surface area contributed by atoms with E-state index in [9.17, 15) is 9.18 Å². The zero-order valence-electron chi connectivity index (χ0n) is 11.2. The molecular weight excluding hydrogens is 261 g/mol. The van der Waals surface area contributed by atoms with Crippen molar-refractivity contribution in [3.63, 3.8) is 0 Å². The molecule has 1 aromatic carbocycles. The Labute approximate surface area is 116 Å². The molecule has 0 bridgehead atoms. The summed E-state index contributed by atoms with van der Waals surface area (Å²) >= 11 is 0. The van der Waals surface area contributed by atoms with Crippen LogP contribution in [0.4, 0.5) is 4.39 Å². The number of aldehydes is 1. The van der Waals surface area contributed by atoms with Crippen LogP contribution < -0.4 is 9.47 Å². The van der Waals surface area contributed by atoms with Crippen LogP contribution in [0.25, 0.3) is 0 Å². The van der Waals surface area contributed by atoms with Crippen LogP contribution in [-0.4, -0.2) is 18.4 Å². The summed E-state index contributed by atoms with van der Waals surface area (Å²) in [5.41, 5.74) is 1.61. The lowest BCUT2D eigenvalue weighted by molar-refractivity contribution is 0.111. The zero-order chi connectivity index (χ0) is 14.5. The summed E-state index contributed by atoms with van der Waals surface area (Å²) in [7, 11) is 1.41. The molecule has 20 heavy (non-hydrogen) atoms. The predicted octanol–water partition coefficient (Wildman–Crippen LogP) is 2.93. The van der Waals surface area contributed by atoms with E-state index in [1.807, 2.05) is 0 Å². The smallest absolute Gasteiger partial charge is 0.172 e. The maximum absolute atomic E-state index is 13.5. The van der Waals surface area contributed by atoms with E-state index in [1.54, 1.807) is 25.1 Å². The van der Waals surface area contributed by atoms with E-state index >= 15 is 0 Å². The van der Waals surface area contributed by atoms with Gasteiger partial charge in [-0.05, 0) is 36.8 Å². The van der Waals surface area contributed by atoms with E-state index in [-0.39, 0.29) is 18.1 Å². The van der Waals surface area contributed by atoms with E-state index in [0.29, 0.717) is 17.6 Å². The SMILES string of the molecule is COc1ccc(COc2ccc(C)nc2C=O)cc1F. The van der Waals surface area contributed by atoms with Crippen molar-refractivity contribution in [3.05, 3.63) is 53.1 Å². The molecule has 0 aliphatic heterocycles. The zero-order valence-corrected chi connectivity index (χ0v) is 11.2. The Morgan fingerprint density at radius 2 is 2.00 bits per heavy atom. The highest BCUT2D eigenvalue weighted by molar-refractivity contribution is 5.76. The fourth-order valence-corrected chi connectivity index (χ4v) is 1.73. The van der Waals surface area contributed by atoms with E-state index in [0.717, 1.165) is 5.69 Å². The van der Waals surface area contributed by atoms with Crippen molar-refractivity contribution in [3.8, 4) is 11.5 Å². The lowest BCUT2D eigenvalue weighted by Crippen LogP contribution is -2.01. The number of aryl methyl sites for hydroxylation is 1. The molecule has 0 saturated heterocycles. The fourth-order valence-electron chi connectivity index (χ4n) is 1.73. The van der Waals surface area contributed by atoms with Crippen molar-refractivity contribution in [2.45, 2.75) is 13.5 Å². The molecule has 0 aliphatic rings. The van der Waals surface area contributed by atoms with Gasteiger partial charge in [0.15, 0.2) is 17.9 Å².